The quantitative estimate of drug-likeness (QED) is 0.671. The fourth-order valence-electron chi connectivity index (χ4n) is 2.61. The molecule has 9 heteroatoms. The molecule has 2 aromatic carbocycles. The minimum absolute atomic E-state index is 0.0761. The summed E-state index contributed by atoms with van der Waals surface area (Å²) < 4.78 is 46.1. The predicted octanol–water partition coefficient (Wildman–Crippen LogP) is 2.76. The largest absolute Gasteiger partial charge is 0.449 e. The summed E-state index contributed by atoms with van der Waals surface area (Å²) in [7, 11) is -4.06. The number of carbonyl (C=O) groups excluding carboxylic acids is 2. The van der Waals surface area contributed by atoms with E-state index < -0.39 is 27.9 Å². The van der Waals surface area contributed by atoms with E-state index in [1.165, 1.54) is 43.3 Å². The van der Waals surface area contributed by atoms with Crippen molar-refractivity contribution in [3.63, 3.8) is 0 Å². The Balaban J connectivity index is 1.72. The highest BCUT2D eigenvalue weighted by Crippen LogP contribution is 2.22. The molecule has 1 aliphatic carbocycles. The lowest BCUT2D eigenvalue weighted by molar-refractivity contribution is -0.129. The fraction of sp³-hybridized carbons (Fsp3) is 0.300. The molecule has 29 heavy (non-hydrogen) atoms. The van der Waals surface area contributed by atoms with Gasteiger partial charge in [0.05, 0.1) is 10.5 Å². The van der Waals surface area contributed by atoms with Crippen molar-refractivity contribution in [3.8, 4) is 0 Å². The van der Waals surface area contributed by atoms with E-state index in [2.05, 4.69) is 10.0 Å². The third-order valence-corrected chi connectivity index (χ3v) is 5.89. The summed E-state index contributed by atoms with van der Waals surface area (Å²) in [6.07, 6.45) is 0.858. The smallest absolute Gasteiger partial charge is 0.338 e. The van der Waals surface area contributed by atoms with Crippen LogP contribution in [0, 0.1) is 12.7 Å². The Morgan fingerprint density at radius 2 is 1.90 bits per heavy atom. The highest BCUT2D eigenvalue weighted by Gasteiger charge is 2.27. The maximum atomic E-state index is 13.5. The number of sulfonamides is 1. The molecule has 0 radical (unpaired) electrons. The van der Waals surface area contributed by atoms with Crippen molar-refractivity contribution in [2.45, 2.75) is 43.7 Å². The van der Waals surface area contributed by atoms with E-state index in [0.717, 1.165) is 18.9 Å². The van der Waals surface area contributed by atoms with Gasteiger partial charge in [-0.2, -0.15) is 0 Å². The molecule has 0 saturated heterocycles. The van der Waals surface area contributed by atoms with Crippen LogP contribution in [0.15, 0.2) is 47.4 Å². The molecule has 1 saturated carbocycles. The van der Waals surface area contributed by atoms with Crippen LogP contribution < -0.4 is 10.0 Å². The molecule has 1 atom stereocenters. The first-order chi connectivity index (χ1) is 13.7. The topological polar surface area (TPSA) is 102 Å². The number of rotatable bonds is 7. The van der Waals surface area contributed by atoms with Crippen LogP contribution in [0.4, 0.5) is 10.1 Å². The lowest BCUT2D eigenvalue weighted by Crippen LogP contribution is -2.37. The molecule has 1 fully saturated rings. The zero-order valence-electron chi connectivity index (χ0n) is 15.9. The zero-order chi connectivity index (χ0) is 21.2. The van der Waals surface area contributed by atoms with Crippen LogP contribution in [-0.2, 0) is 19.6 Å². The maximum Gasteiger partial charge on any atom is 0.338 e. The Bertz CT molecular complexity index is 1050. The number of esters is 1. The molecule has 0 aromatic heterocycles. The number of hydrogen-bond donors (Lipinski definition) is 2. The number of nitrogens with one attached hydrogen (secondary N) is 2. The van der Waals surface area contributed by atoms with E-state index in [1.807, 2.05) is 0 Å². The van der Waals surface area contributed by atoms with Gasteiger partial charge in [-0.05, 0) is 62.6 Å². The molecular weight excluding hydrogens is 399 g/mol. The van der Waals surface area contributed by atoms with Crippen LogP contribution in [0.2, 0.25) is 0 Å². The van der Waals surface area contributed by atoms with Crippen molar-refractivity contribution in [3.05, 3.63) is 59.4 Å². The Morgan fingerprint density at radius 3 is 2.59 bits per heavy atom. The summed E-state index contributed by atoms with van der Waals surface area (Å²) in [6, 6.07) is 9.27. The standard InChI is InChI=1S/C20H21FN2O5S/c1-12-6-7-15(21)11-18(12)29(26,27)23-17-5-3-4-14(10-17)20(25)28-13(2)19(24)22-16-8-9-16/h3-7,10-11,13,16,23H,8-9H2,1-2H3,(H,22,24)/t13-/m1/s1. The number of ether oxygens (including phenoxy) is 1. The average Bonchev–Trinajstić information content (AvgIpc) is 3.47. The van der Waals surface area contributed by atoms with Gasteiger partial charge in [-0.25, -0.2) is 17.6 Å². The summed E-state index contributed by atoms with van der Waals surface area (Å²) in [5, 5.41) is 2.74. The summed E-state index contributed by atoms with van der Waals surface area (Å²) in [5.74, 6) is -1.81. The van der Waals surface area contributed by atoms with Crippen LogP contribution in [0.3, 0.4) is 0 Å². The second kappa shape index (κ2) is 8.20. The molecular formula is C20H21FN2O5S. The highest BCUT2D eigenvalue weighted by molar-refractivity contribution is 7.92. The number of amides is 1. The molecule has 2 N–H and O–H groups in total. The third-order valence-electron chi connectivity index (χ3n) is 4.37. The SMILES string of the molecule is Cc1ccc(F)cc1S(=O)(=O)Nc1cccc(C(=O)O[C@H](C)C(=O)NC2CC2)c1. The van der Waals surface area contributed by atoms with Gasteiger partial charge in [0.1, 0.15) is 5.82 Å². The Labute approximate surface area is 168 Å². The molecule has 0 unspecified atom stereocenters. The van der Waals surface area contributed by atoms with Crippen molar-refractivity contribution in [1.29, 1.82) is 0 Å². The van der Waals surface area contributed by atoms with Gasteiger partial charge < -0.3 is 10.1 Å². The van der Waals surface area contributed by atoms with Gasteiger partial charge in [-0.1, -0.05) is 12.1 Å². The maximum absolute atomic E-state index is 13.5. The zero-order valence-corrected chi connectivity index (χ0v) is 16.8. The molecule has 1 amide bonds. The van der Waals surface area contributed by atoms with Gasteiger partial charge in [0.2, 0.25) is 0 Å². The normalized spacial score (nSPS) is 14.7. The summed E-state index contributed by atoms with van der Waals surface area (Å²) in [5.41, 5.74) is 0.565. The molecule has 0 spiro atoms. The molecule has 1 aliphatic rings. The van der Waals surface area contributed by atoms with Crippen LogP contribution in [0.5, 0.6) is 0 Å². The van der Waals surface area contributed by atoms with Crippen molar-refractivity contribution in [2.24, 2.45) is 0 Å². The van der Waals surface area contributed by atoms with Gasteiger partial charge >= 0.3 is 5.97 Å². The summed E-state index contributed by atoms with van der Waals surface area (Å²) in [4.78, 5) is 24.0. The summed E-state index contributed by atoms with van der Waals surface area (Å²) in [6.45, 7) is 3.02. The molecule has 154 valence electrons. The van der Waals surface area contributed by atoms with Crippen LogP contribution >= 0.6 is 0 Å². The first-order valence-corrected chi connectivity index (χ1v) is 10.5. The van der Waals surface area contributed by atoms with Gasteiger partial charge in [-0.3, -0.25) is 9.52 Å². The molecule has 0 aliphatic heterocycles. The van der Waals surface area contributed by atoms with Crippen LogP contribution in [0.25, 0.3) is 0 Å². The number of benzene rings is 2. The van der Waals surface area contributed by atoms with Crippen LogP contribution in [0.1, 0.15) is 35.7 Å². The van der Waals surface area contributed by atoms with E-state index in [-0.39, 0.29) is 28.1 Å². The second-order valence-corrected chi connectivity index (χ2v) is 8.58. The minimum Gasteiger partial charge on any atom is -0.449 e. The average molecular weight is 420 g/mol. The Morgan fingerprint density at radius 1 is 1.17 bits per heavy atom. The van der Waals surface area contributed by atoms with Crippen molar-refractivity contribution in [1.82, 2.24) is 5.32 Å². The lowest BCUT2D eigenvalue weighted by atomic mass is 10.2. The number of halogens is 1. The molecule has 3 rings (SSSR count). The molecule has 0 heterocycles. The van der Waals surface area contributed by atoms with E-state index in [0.29, 0.717) is 5.56 Å². The Kier molecular flexibility index (Phi) is 5.88. The number of carbonyl (C=O) groups is 2. The van der Waals surface area contributed by atoms with Crippen molar-refractivity contribution in [2.75, 3.05) is 4.72 Å². The molecule has 2 aromatic rings. The second-order valence-electron chi connectivity index (χ2n) is 6.93. The van der Waals surface area contributed by atoms with E-state index in [9.17, 15) is 22.4 Å². The fourth-order valence-corrected chi connectivity index (χ4v) is 3.92. The van der Waals surface area contributed by atoms with E-state index in [4.69, 9.17) is 4.74 Å². The van der Waals surface area contributed by atoms with E-state index in [1.54, 1.807) is 6.92 Å². The monoisotopic (exact) mass is 420 g/mol. The predicted molar refractivity (Wildman–Crippen MR) is 104 cm³/mol. The first-order valence-electron chi connectivity index (χ1n) is 9.06. The van der Waals surface area contributed by atoms with Crippen molar-refractivity contribution >= 4 is 27.6 Å². The number of aryl methyl sites for hydroxylation is 1. The van der Waals surface area contributed by atoms with Gasteiger partial charge in [0, 0.05) is 11.7 Å². The third kappa shape index (κ3) is 5.32. The molecule has 7 nitrogen and oxygen atoms in total. The van der Waals surface area contributed by atoms with Crippen LogP contribution in [-0.4, -0.2) is 32.4 Å². The van der Waals surface area contributed by atoms with Crippen molar-refractivity contribution < 1.29 is 27.1 Å². The van der Waals surface area contributed by atoms with Gasteiger partial charge in [0.25, 0.3) is 15.9 Å². The first kappa shape index (κ1) is 20.8. The van der Waals surface area contributed by atoms with Gasteiger partial charge in [0.15, 0.2) is 6.10 Å². The highest BCUT2D eigenvalue weighted by atomic mass is 32.2. The Hall–Kier alpha value is -2.94. The number of anilines is 1. The minimum atomic E-state index is -4.06. The lowest BCUT2D eigenvalue weighted by Gasteiger charge is -2.14. The molecule has 0 bridgehead atoms. The van der Waals surface area contributed by atoms with E-state index >= 15 is 0 Å². The van der Waals surface area contributed by atoms with Gasteiger partial charge in [-0.15, -0.1) is 0 Å². The summed E-state index contributed by atoms with van der Waals surface area (Å²) >= 11 is 0. The number of hydrogen-bond acceptors (Lipinski definition) is 5.